The largest absolute Gasteiger partial charge is 0.479 e. The van der Waals surface area contributed by atoms with Crippen molar-refractivity contribution in [2.45, 2.75) is 76.1 Å². The van der Waals surface area contributed by atoms with Gasteiger partial charge in [0.2, 0.25) is 5.91 Å². The summed E-state index contributed by atoms with van der Waals surface area (Å²) in [5.74, 6) is -2.28. The van der Waals surface area contributed by atoms with Crippen molar-refractivity contribution in [2.75, 3.05) is 0 Å². The Morgan fingerprint density at radius 2 is 1.48 bits per heavy atom. The molecule has 0 bridgehead atoms. The molecule has 1 fully saturated rings. The number of benzene rings is 2. The van der Waals surface area contributed by atoms with Crippen molar-refractivity contribution in [3.05, 3.63) is 71.8 Å². The lowest BCUT2D eigenvalue weighted by atomic mass is 9.98. The van der Waals surface area contributed by atoms with Gasteiger partial charge in [-0.1, -0.05) is 80.9 Å². The zero-order valence-corrected chi connectivity index (χ0v) is 22.4. The molecule has 1 heterocycles. The Hall–Kier alpha value is -3.39. The summed E-state index contributed by atoms with van der Waals surface area (Å²) < 4.78 is 9.77. The fourth-order valence-electron chi connectivity index (χ4n) is 3.72. The van der Waals surface area contributed by atoms with Crippen molar-refractivity contribution in [1.82, 2.24) is 5.32 Å². The molecule has 0 radical (unpaired) electrons. The number of aliphatic carboxylic acids is 1. The smallest absolute Gasteiger partial charge is 0.335 e. The molecule has 0 aromatic heterocycles. The van der Waals surface area contributed by atoms with Gasteiger partial charge in [-0.05, 0) is 17.0 Å². The van der Waals surface area contributed by atoms with E-state index in [-0.39, 0.29) is 18.4 Å². The molecule has 3 rings (SSSR count). The summed E-state index contributed by atoms with van der Waals surface area (Å²) in [5, 5.41) is 47.1. The Morgan fingerprint density at radius 1 is 0.925 bits per heavy atom. The highest BCUT2D eigenvalue weighted by Crippen LogP contribution is 2.19. The van der Waals surface area contributed by atoms with E-state index < -0.39 is 54.7 Å². The highest BCUT2D eigenvalue weighted by Gasteiger charge is 2.46. The number of carboxylic acid groups (broad SMARTS) is 1. The Balaban J connectivity index is 0.000000360. The first-order valence-electron chi connectivity index (χ1n) is 12.9. The number of carbonyl (C=O) groups is 3. The normalized spacial score (nSPS) is 24.4. The van der Waals surface area contributed by atoms with Gasteiger partial charge in [-0.2, -0.15) is 0 Å². The number of nitrogens with one attached hydrogen (secondary N) is 1. The molecular formula is C28H38N2O10. The van der Waals surface area contributed by atoms with Crippen molar-refractivity contribution in [1.29, 1.82) is 0 Å². The Bertz CT molecular complexity index is 1070. The number of esters is 1. The Morgan fingerprint density at radius 3 is 2.00 bits per heavy atom. The third kappa shape index (κ3) is 9.66. The van der Waals surface area contributed by atoms with Gasteiger partial charge in [0, 0.05) is 6.42 Å². The van der Waals surface area contributed by atoms with Crippen molar-refractivity contribution in [3.63, 3.8) is 0 Å². The van der Waals surface area contributed by atoms with Crippen LogP contribution in [0.1, 0.15) is 31.4 Å². The maximum atomic E-state index is 12.6. The van der Waals surface area contributed by atoms with Gasteiger partial charge in [0.15, 0.2) is 12.4 Å². The molecule has 0 spiro atoms. The van der Waals surface area contributed by atoms with Gasteiger partial charge >= 0.3 is 11.9 Å². The fourth-order valence-corrected chi connectivity index (χ4v) is 3.72. The van der Waals surface area contributed by atoms with E-state index in [1.165, 1.54) is 0 Å². The summed E-state index contributed by atoms with van der Waals surface area (Å²) >= 11 is 0. The average molecular weight is 563 g/mol. The Labute approximate surface area is 232 Å². The lowest BCUT2D eigenvalue weighted by Crippen LogP contribution is -2.59. The maximum absolute atomic E-state index is 12.6. The maximum Gasteiger partial charge on any atom is 0.335 e. The molecule has 12 heteroatoms. The van der Waals surface area contributed by atoms with Crippen LogP contribution in [0.4, 0.5) is 0 Å². The number of nitrogens with two attached hydrogens (primary N) is 1. The zero-order chi connectivity index (χ0) is 29.8. The molecule has 220 valence electrons. The summed E-state index contributed by atoms with van der Waals surface area (Å²) in [7, 11) is 0. The second-order valence-corrected chi connectivity index (χ2v) is 9.51. The average Bonchev–Trinajstić information content (AvgIpc) is 2.96. The SMILES string of the molecule is CC[C@H](C)[C@H](N)C(=O)N[C@@H](Cc1ccccc1)C(=O)OCc1ccccc1.O=C(O)[C@H]1OC(O)[C@H](O)[C@@H](O)[C@@H]1O. The van der Waals surface area contributed by atoms with Crippen LogP contribution >= 0.6 is 0 Å². The number of carbonyl (C=O) groups excluding carboxylic acids is 2. The van der Waals surface area contributed by atoms with E-state index in [9.17, 15) is 14.4 Å². The summed E-state index contributed by atoms with van der Waals surface area (Å²) in [5.41, 5.74) is 7.85. The van der Waals surface area contributed by atoms with E-state index >= 15 is 0 Å². The van der Waals surface area contributed by atoms with Crippen LogP contribution in [0.5, 0.6) is 0 Å². The third-order valence-electron chi connectivity index (χ3n) is 6.50. The minimum absolute atomic E-state index is 0.0303. The van der Waals surface area contributed by atoms with Crippen LogP contribution in [-0.2, 0) is 36.9 Å². The van der Waals surface area contributed by atoms with Crippen LogP contribution < -0.4 is 11.1 Å². The predicted octanol–water partition coefficient (Wildman–Crippen LogP) is -0.298. The topological polar surface area (TPSA) is 209 Å². The first-order chi connectivity index (χ1) is 19.0. The monoisotopic (exact) mass is 562 g/mol. The van der Waals surface area contributed by atoms with E-state index in [0.29, 0.717) is 6.42 Å². The fraction of sp³-hybridized carbons (Fsp3) is 0.464. The van der Waals surface area contributed by atoms with Gasteiger partial charge in [0.25, 0.3) is 0 Å². The lowest BCUT2D eigenvalue weighted by Gasteiger charge is -2.36. The molecule has 2 aromatic carbocycles. The molecule has 1 aliphatic rings. The van der Waals surface area contributed by atoms with E-state index in [2.05, 4.69) is 10.1 Å². The number of rotatable bonds is 10. The molecule has 1 aliphatic heterocycles. The third-order valence-corrected chi connectivity index (χ3v) is 6.50. The molecule has 8 atom stereocenters. The van der Waals surface area contributed by atoms with Gasteiger partial charge in [0.1, 0.15) is 31.0 Å². The van der Waals surface area contributed by atoms with Gasteiger partial charge in [-0.15, -0.1) is 0 Å². The van der Waals surface area contributed by atoms with Crippen LogP contribution in [-0.4, -0.2) is 86.2 Å². The number of hydrogen-bond acceptors (Lipinski definition) is 10. The number of carboxylic acids is 1. The Kier molecular flexibility index (Phi) is 13.1. The number of amides is 1. The quantitative estimate of drug-likeness (QED) is 0.187. The van der Waals surface area contributed by atoms with Gasteiger partial charge in [-0.3, -0.25) is 4.79 Å². The van der Waals surface area contributed by atoms with E-state index in [0.717, 1.165) is 17.5 Å². The highest BCUT2D eigenvalue weighted by atomic mass is 16.6. The van der Waals surface area contributed by atoms with Crippen molar-refractivity contribution in [2.24, 2.45) is 11.7 Å². The first-order valence-corrected chi connectivity index (χ1v) is 12.9. The minimum Gasteiger partial charge on any atom is -0.479 e. The summed E-state index contributed by atoms with van der Waals surface area (Å²) in [6.07, 6.45) is -7.58. The molecule has 40 heavy (non-hydrogen) atoms. The van der Waals surface area contributed by atoms with Crippen molar-refractivity contribution < 1.29 is 49.4 Å². The van der Waals surface area contributed by atoms with Gasteiger partial charge in [0.05, 0.1) is 6.04 Å². The van der Waals surface area contributed by atoms with Gasteiger partial charge < -0.3 is 46.1 Å². The summed E-state index contributed by atoms with van der Waals surface area (Å²) in [4.78, 5) is 35.5. The lowest BCUT2D eigenvalue weighted by molar-refractivity contribution is -0.279. The molecular weight excluding hydrogens is 524 g/mol. The predicted molar refractivity (Wildman–Crippen MR) is 142 cm³/mol. The second kappa shape index (κ2) is 16.0. The molecule has 1 saturated heterocycles. The van der Waals surface area contributed by atoms with E-state index in [1.807, 2.05) is 74.5 Å². The van der Waals surface area contributed by atoms with Crippen molar-refractivity contribution >= 4 is 17.8 Å². The zero-order valence-electron chi connectivity index (χ0n) is 22.4. The van der Waals surface area contributed by atoms with Crippen LogP contribution in [0.25, 0.3) is 0 Å². The molecule has 2 aromatic rings. The number of aliphatic hydroxyl groups is 4. The number of ether oxygens (including phenoxy) is 2. The summed E-state index contributed by atoms with van der Waals surface area (Å²) in [6, 6.07) is 17.5. The molecule has 8 N–H and O–H groups in total. The van der Waals surface area contributed by atoms with Crippen LogP contribution in [0.2, 0.25) is 0 Å². The molecule has 1 unspecified atom stereocenters. The highest BCUT2D eigenvalue weighted by molar-refractivity contribution is 5.87. The van der Waals surface area contributed by atoms with E-state index in [4.69, 9.17) is 36.0 Å². The standard InChI is InChI=1S/C22H28N2O3.C6H10O7/c1-3-16(2)20(23)21(25)24-19(14-17-10-6-4-7-11-17)22(26)27-15-18-12-8-5-9-13-18;7-1-2(8)4(5(10)11)13-6(12)3(1)9/h4-13,16,19-20H,3,14-15,23H2,1-2H3,(H,24,25);1-4,6-9,12H,(H,10,11)/t16-,19-,20-;1-,2-,3+,4-,6?/m00/s1. The number of hydrogen-bond donors (Lipinski definition) is 7. The second-order valence-electron chi connectivity index (χ2n) is 9.51. The minimum atomic E-state index is -1.81. The van der Waals surface area contributed by atoms with Crippen LogP contribution in [0.3, 0.4) is 0 Å². The molecule has 0 saturated carbocycles. The van der Waals surface area contributed by atoms with Crippen LogP contribution in [0.15, 0.2) is 60.7 Å². The number of aliphatic hydroxyl groups excluding tert-OH is 4. The van der Waals surface area contributed by atoms with E-state index in [1.54, 1.807) is 0 Å². The summed E-state index contributed by atoms with van der Waals surface area (Å²) in [6.45, 7) is 4.07. The molecule has 0 aliphatic carbocycles. The molecule has 12 nitrogen and oxygen atoms in total. The van der Waals surface area contributed by atoms with Crippen LogP contribution in [0, 0.1) is 5.92 Å². The molecule has 1 amide bonds. The van der Waals surface area contributed by atoms with Gasteiger partial charge in [-0.25, -0.2) is 9.59 Å². The van der Waals surface area contributed by atoms with Crippen molar-refractivity contribution in [3.8, 4) is 0 Å². The first kappa shape index (κ1) is 32.8.